The summed E-state index contributed by atoms with van der Waals surface area (Å²) in [5, 5.41) is 6.78. The topological polar surface area (TPSA) is 70.7 Å². The molecule has 0 amide bonds. The van der Waals surface area contributed by atoms with Crippen molar-refractivity contribution < 1.29 is 13.2 Å². The van der Waals surface area contributed by atoms with Gasteiger partial charge in [-0.25, -0.2) is 12.7 Å². The lowest BCUT2D eigenvalue weighted by Crippen LogP contribution is -2.32. The van der Waals surface area contributed by atoms with Gasteiger partial charge in [0.25, 0.3) is 0 Å². The van der Waals surface area contributed by atoms with Crippen LogP contribution in [-0.2, 0) is 10.0 Å². The zero-order chi connectivity index (χ0) is 19.7. The first-order valence-corrected chi connectivity index (χ1v) is 10.8. The Hall–Kier alpha value is -1.38. The summed E-state index contributed by atoms with van der Waals surface area (Å²) < 4.78 is 31.3. The Morgan fingerprint density at radius 1 is 1.31 bits per heavy atom. The summed E-state index contributed by atoms with van der Waals surface area (Å²) in [5.41, 5.74) is 0.602. The molecule has 0 aliphatic heterocycles. The van der Waals surface area contributed by atoms with Crippen LogP contribution < -0.4 is 15.4 Å². The fourth-order valence-electron chi connectivity index (χ4n) is 2.51. The van der Waals surface area contributed by atoms with E-state index in [4.69, 9.17) is 17.0 Å². The van der Waals surface area contributed by atoms with E-state index in [-0.39, 0.29) is 4.90 Å². The van der Waals surface area contributed by atoms with Gasteiger partial charge in [0.1, 0.15) is 10.6 Å². The highest BCUT2D eigenvalue weighted by Gasteiger charge is 2.22. The number of thiocarbonyl (C=S) groups is 1. The minimum Gasteiger partial charge on any atom is -0.495 e. The Morgan fingerprint density at radius 2 is 2.00 bits per heavy atom. The summed E-state index contributed by atoms with van der Waals surface area (Å²) in [5.74, 6) is 0.879. The average molecular weight is 402 g/mol. The van der Waals surface area contributed by atoms with Gasteiger partial charge in [-0.2, -0.15) is 0 Å². The van der Waals surface area contributed by atoms with Crippen molar-refractivity contribution in [2.45, 2.75) is 44.4 Å². The number of hydrogen-bond donors (Lipinski definition) is 2. The lowest BCUT2D eigenvalue weighted by molar-refractivity contribution is 0.400. The monoisotopic (exact) mass is 401 g/mol. The van der Waals surface area contributed by atoms with Gasteiger partial charge in [-0.05, 0) is 42.8 Å². The first-order chi connectivity index (χ1) is 12.3. The van der Waals surface area contributed by atoms with E-state index in [1.165, 1.54) is 46.5 Å². The second-order valence-electron chi connectivity index (χ2n) is 6.40. The van der Waals surface area contributed by atoms with Crippen LogP contribution >= 0.6 is 12.2 Å². The second kappa shape index (κ2) is 10.7. The molecule has 148 valence electrons. The Balaban J connectivity index is 2.83. The largest absolute Gasteiger partial charge is 0.495 e. The molecule has 1 aromatic carbocycles. The Labute approximate surface area is 163 Å². The van der Waals surface area contributed by atoms with Gasteiger partial charge >= 0.3 is 0 Å². The van der Waals surface area contributed by atoms with Crippen LogP contribution in [0.2, 0.25) is 0 Å². The van der Waals surface area contributed by atoms with Crippen molar-refractivity contribution in [3.8, 4) is 5.75 Å². The zero-order valence-electron chi connectivity index (χ0n) is 16.3. The van der Waals surface area contributed by atoms with E-state index in [0.29, 0.717) is 22.5 Å². The fraction of sp³-hybridized carbons (Fsp3) is 0.611. The second-order valence-corrected chi connectivity index (χ2v) is 8.93. The smallest absolute Gasteiger partial charge is 0.246 e. The SMILES string of the molecule is CCCC[C@H](CC)CNC(=S)Nc1ccc(OC)c(S(=O)(=O)N(C)C)c1. The number of ether oxygens (including phenoxy) is 1. The van der Waals surface area contributed by atoms with Crippen molar-refractivity contribution >= 4 is 33.0 Å². The highest BCUT2D eigenvalue weighted by atomic mass is 32.2. The summed E-state index contributed by atoms with van der Waals surface area (Å²) in [6.07, 6.45) is 4.68. The number of rotatable bonds is 10. The van der Waals surface area contributed by atoms with Crippen molar-refractivity contribution in [3.05, 3.63) is 18.2 Å². The normalized spacial score (nSPS) is 12.7. The molecule has 0 spiro atoms. The van der Waals surface area contributed by atoms with Crippen LogP contribution in [0, 0.1) is 5.92 Å². The molecule has 1 rings (SSSR count). The molecule has 26 heavy (non-hydrogen) atoms. The molecule has 0 radical (unpaired) electrons. The van der Waals surface area contributed by atoms with Crippen LogP contribution in [-0.4, -0.2) is 45.6 Å². The number of nitrogens with zero attached hydrogens (tertiary/aromatic N) is 1. The van der Waals surface area contributed by atoms with Crippen LogP contribution in [0.25, 0.3) is 0 Å². The predicted molar refractivity (Wildman–Crippen MR) is 111 cm³/mol. The van der Waals surface area contributed by atoms with Crippen LogP contribution in [0.5, 0.6) is 5.75 Å². The van der Waals surface area contributed by atoms with Crippen LogP contribution in [0.1, 0.15) is 39.5 Å². The molecule has 2 N–H and O–H groups in total. The lowest BCUT2D eigenvalue weighted by Gasteiger charge is -2.18. The molecular formula is C18H31N3O3S2. The molecule has 0 fully saturated rings. The zero-order valence-corrected chi connectivity index (χ0v) is 18.0. The summed E-state index contributed by atoms with van der Waals surface area (Å²) in [6, 6.07) is 4.91. The number of nitrogens with one attached hydrogen (secondary N) is 2. The standard InChI is InChI=1S/C18H31N3O3S2/c1-6-8-9-14(7-2)13-19-18(25)20-15-10-11-16(24-5)17(12-15)26(22,23)21(3)4/h10-12,14H,6-9,13H2,1-5H3,(H2,19,20,25)/t14-/m0/s1. The third-order valence-corrected chi connectivity index (χ3v) is 6.36. The van der Waals surface area contributed by atoms with Crippen LogP contribution in [0.15, 0.2) is 23.1 Å². The molecule has 0 saturated carbocycles. The van der Waals surface area contributed by atoms with E-state index < -0.39 is 10.0 Å². The molecule has 0 saturated heterocycles. The van der Waals surface area contributed by atoms with Gasteiger partial charge in [0.2, 0.25) is 10.0 Å². The van der Waals surface area contributed by atoms with E-state index in [1.807, 2.05) is 0 Å². The summed E-state index contributed by atoms with van der Waals surface area (Å²) in [7, 11) is 0.812. The third kappa shape index (κ3) is 6.41. The maximum Gasteiger partial charge on any atom is 0.246 e. The molecule has 1 atom stereocenters. The molecule has 8 heteroatoms. The summed E-state index contributed by atoms with van der Waals surface area (Å²) in [4.78, 5) is 0.104. The lowest BCUT2D eigenvalue weighted by atomic mass is 9.99. The van der Waals surface area contributed by atoms with Crippen LogP contribution in [0.4, 0.5) is 5.69 Å². The molecule has 0 heterocycles. The molecule has 0 bridgehead atoms. The summed E-state index contributed by atoms with van der Waals surface area (Å²) in [6.45, 7) is 5.18. The number of benzene rings is 1. The van der Waals surface area contributed by atoms with E-state index in [0.717, 1.165) is 17.3 Å². The van der Waals surface area contributed by atoms with E-state index >= 15 is 0 Å². The van der Waals surface area contributed by atoms with E-state index in [9.17, 15) is 8.42 Å². The van der Waals surface area contributed by atoms with Gasteiger partial charge in [0, 0.05) is 26.3 Å². The number of unbranched alkanes of at least 4 members (excludes halogenated alkanes) is 1. The van der Waals surface area contributed by atoms with Gasteiger partial charge in [-0.3, -0.25) is 0 Å². The molecule has 1 aromatic rings. The molecule has 0 unspecified atom stereocenters. The van der Waals surface area contributed by atoms with E-state index in [2.05, 4.69) is 24.5 Å². The first kappa shape index (κ1) is 22.7. The van der Waals surface area contributed by atoms with Crippen LogP contribution in [0.3, 0.4) is 0 Å². The molecule has 0 aliphatic rings. The van der Waals surface area contributed by atoms with Gasteiger partial charge in [-0.15, -0.1) is 0 Å². The fourth-order valence-corrected chi connectivity index (χ4v) is 3.78. The van der Waals surface area contributed by atoms with Crippen molar-refractivity contribution in [1.82, 2.24) is 9.62 Å². The Kier molecular flexibility index (Phi) is 9.32. The highest BCUT2D eigenvalue weighted by Crippen LogP contribution is 2.28. The molecule has 0 aliphatic carbocycles. The minimum absolute atomic E-state index is 0.104. The first-order valence-electron chi connectivity index (χ1n) is 8.91. The van der Waals surface area contributed by atoms with Gasteiger partial charge < -0.3 is 15.4 Å². The van der Waals surface area contributed by atoms with Crippen molar-refractivity contribution in [3.63, 3.8) is 0 Å². The highest BCUT2D eigenvalue weighted by molar-refractivity contribution is 7.89. The quantitative estimate of drug-likeness (QED) is 0.585. The molecule has 6 nitrogen and oxygen atoms in total. The Morgan fingerprint density at radius 3 is 2.54 bits per heavy atom. The Bertz CT molecular complexity index is 691. The number of hydrogen-bond acceptors (Lipinski definition) is 4. The molecule has 0 aromatic heterocycles. The number of anilines is 1. The number of sulfonamides is 1. The predicted octanol–water partition coefficient (Wildman–Crippen LogP) is 3.45. The summed E-state index contributed by atoms with van der Waals surface area (Å²) >= 11 is 5.35. The van der Waals surface area contributed by atoms with Gasteiger partial charge in [0.15, 0.2) is 5.11 Å². The van der Waals surface area contributed by atoms with E-state index in [1.54, 1.807) is 12.1 Å². The maximum atomic E-state index is 12.5. The van der Waals surface area contributed by atoms with Crippen molar-refractivity contribution in [2.24, 2.45) is 5.92 Å². The van der Waals surface area contributed by atoms with Crippen molar-refractivity contribution in [2.75, 3.05) is 33.1 Å². The van der Waals surface area contributed by atoms with Crippen molar-refractivity contribution in [1.29, 1.82) is 0 Å². The average Bonchev–Trinajstić information content (AvgIpc) is 2.61. The maximum absolute atomic E-state index is 12.5. The van der Waals surface area contributed by atoms with Gasteiger partial charge in [-0.1, -0.05) is 33.1 Å². The minimum atomic E-state index is -3.61. The number of methoxy groups -OCH3 is 1. The van der Waals surface area contributed by atoms with Gasteiger partial charge in [0.05, 0.1) is 7.11 Å². The molecular weight excluding hydrogens is 370 g/mol. The third-order valence-electron chi connectivity index (χ3n) is 4.27.